The maximum Gasteiger partial charge on any atom is 0.0825 e. The largest absolute Gasteiger partial charge is 0.377 e. The van der Waals surface area contributed by atoms with Gasteiger partial charge in [0.15, 0.2) is 0 Å². The lowest BCUT2D eigenvalue weighted by Crippen LogP contribution is -2.06. The van der Waals surface area contributed by atoms with Gasteiger partial charge in [-0.3, -0.25) is 9.36 Å². The van der Waals surface area contributed by atoms with Gasteiger partial charge in [-0.1, -0.05) is 0 Å². The molecule has 2 heterocycles. The molecule has 0 unspecified atom stereocenters. The quantitative estimate of drug-likeness (QED) is 0.910. The number of hydrogen-bond acceptors (Lipinski definition) is 3. The molecule has 0 saturated heterocycles. The van der Waals surface area contributed by atoms with Crippen molar-refractivity contribution < 1.29 is 0 Å². The summed E-state index contributed by atoms with van der Waals surface area (Å²) in [5.41, 5.74) is 4.49. The molecule has 0 saturated carbocycles. The van der Waals surface area contributed by atoms with Crippen LogP contribution in [0.15, 0.2) is 12.4 Å². The lowest BCUT2D eigenvalue weighted by atomic mass is 10.2. The molecule has 0 aromatic carbocycles. The summed E-state index contributed by atoms with van der Waals surface area (Å²) in [6.07, 6.45) is 3.87. The molecule has 0 aliphatic carbocycles. The minimum atomic E-state index is 0. The van der Waals surface area contributed by atoms with Crippen molar-refractivity contribution >= 4 is 18.1 Å². The molecule has 0 amide bonds. The topological polar surface area (TPSA) is 47.7 Å². The zero-order valence-corrected chi connectivity index (χ0v) is 11.4. The molecule has 2 aromatic heterocycles. The summed E-state index contributed by atoms with van der Waals surface area (Å²) < 4.78 is 3.71. The van der Waals surface area contributed by atoms with Crippen LogP contribution in [0.2, 0.25) is 0 Å². The van der Waals surface area contributed by atoms with Gasteiger partial charge in [-0.25, -0.2) is 0 Å². The Morgan fingerprint density at radius 3 is 2.47 bits per heavy atom. The van der Waals surface area contributed by atoms with Crippen LogP contribution in [-0.4, -0.2) is 19.6 Å². The molecule has 0 aliphatic rings. The molecule has 0 fully saturated rings. The minimum absolute atomic E-state index is 0. The van der Waals surface area contributed by atoms with Crippen molar-refractivity contribution in [3.63, 3.8) is 0 Å². The zero-order valence-electron chi connectivity index (χ0n) is 10.6. The maximum absolute atomic E-state index is 4.29. The van der Waals surface area contributed by atoms with Gasteiger partial charge in [0.25, 0.3) is 0 Å². The van der Waals surface area contributed by atoms with Gasteiger partial charge in [-0.2, -0.15) is 10.2 Å². The van der Waals surface area contributed by atoms with Crippen LogP contribution in [0.25, 0.3) is 0 Å². The summed E-state index contributed by atoms with van der Waals surface area (Å²) >= 11 is 0. The molecule has 17 heavy (non-hydrogen) atoms. The predicted molar refractivity (Wildman–Crippen MR) is 70.5 cm³/mol. The van der Waals surface area contributed by atoms with Crippen molar-refractivity contribution in [2.45, 2.75) is 20.4 Å². The second-order valence-corrected chi connectivity index (χ2v) is 4.05. The molecule has 1 N–H and O–H groups in total. The highest BCUT2D eigenvalue weighted by Crippen LogP contribution is 2.14. The standard InChI is InChI=1S/C11H17N5.ClH/c1-8-5-13-16(4)11(8)6-12-10-7-15(3)14-9(10)2;/h5,7,12H,6H2,1-4H3;1H. The molecule has 5 nitrogen and oxygen atoms in total. The molecule has 0 aliphatic heterocycles. The Morgan fingerprint density at radius 1 is 1.29 bits per heavy atom. The monoisotopic (exact) mass is 255 g/mol. The molecule has 2 aromatic rings. The molecule has 0 spiro atoms. The van der Waals surface area contributed by atoms with Crippen LogP contribution in [0.3, 0.4) is 0 Å². The first-order chi connectivity index (χ1) is 7.58. The number of anilines is 1. The van der Waals surface area contributed by atoms with Crippen LogP contribution in [0.1, 0.15) is 17.0 Å². The third-order valence-corrected chi connectivity index (χ3v) is 2.73. The van der Waals surface area contributed by atoms with E-state index >= 15 is 0 Å². The normalized spacial score (nSPS) is 10.1. The molecular formula is C11H18ClN5. The van der Waals surface area contributed by atoms with Crippen LogP contribution < -0.4 is 5.32 Å². The highest BCUT2D eigenvalue weighted by atomic mass is 35.5. The smallest absolute Gasteiger partial charge is 0.0825 e. The number of aromatic nitrogens is 4. The Balaban J connectivity index is 0.00000144. The van der Waals surface area contributed by atoms with E-state index in [4.69, 9.17) is 0 Å². The number of nitrogens with one attached hydrogen (secondary N) is 1. The van der Waals surface area contributed by atoms with Crippen molar-refractivity contribution in [2.24, 2.45) is 14.1 Å². The van der Waals surface area contributed by atoms with E-state index < -0.39 is 0 Å². The van der Waals surface area contributed by atoms with E-state index in [0.717, 1.165) is 17.9 Å². The van der Waals surface area contributed by atoms with Crippen LogP contribution in [-0.2, 0) is 20.6 Å². The lowest BCUT2D eigenvalue weighted by Gasteiger charge is -2.06. The van der Waals surface area contributed by atoms with Crippen LogP contribution >= 0.6 is 12.4 Å². The van der Waals surface area contributed by atoms with Crippen molar-refractivity contribution in [3.05, 3.63) is 29.3 Å². The Hall–Kier alpha value is -1.49. The Kier molecular flexibility index (Phi) is 4.17. The van der Waals surface area contributed by atoms with Gasteiger partial charge in [-0.05, 0) is 19.4 Å². The van der Waals surface area contributed by atoms with Crippen molar-refractivity contribution in [3.8, 4) is 0 Å². The molecule has 2 rings (SSSR count). The van der Waals surface area contributed by atoms with Gasteiger partial charge in [0.2, 0.25) is 0 Å². The van der Waals surface area contributed by atoms with E-state index in [2.05, 4.69) is 22.4 Å². The van der Waals surface area contributed by atoms with Crippen molar-refractivity contribution in [1.82, 2.24) is 19.6 Å². The van der Waals surface area contributed by atoms with Crippen molar-refractivity contribution in [1.29, 1.82) is 0 Å². The van der Waals surface area contributed by atoms with Gasteiger partial charge < -0.3 is 5.32 Å². The van der Waals surface area contributed by atoms with Crippen LogP contribution in [0.5, 0.6) is 0 Å². The average molecular weight is 256 g/mol. The highest BCUT2D eigenvalue weighted by molar-refractivity contribution is 5.85. The van der Waals surface area contributed by atoms with Gasteiger partial charge in [0, 0.05) is 20.3 Å². The van der Waals surface area contributed by atoms with Gasteiger partial charge in [-0.15, -0.1) is 12.4 Å². The summed E-state index contributed by atoms with van der Waals surface area (Å²) in [6.45, 7) is 4.84. The van der Waals surface area contributed by atoms with E-state index in [9.17, 15) is 0 Å². The van der Waals surface area contributed by atoms with Gasteiger partial charge >= 0.3 is 0 Å². The Morgan fingerprint density at radius 2 is 2.00 bits per heavy atom. The number of hydrogen-bond donors (Lipinski definition) is 1. The van der Waals surface area contributed by atoms with E-state index in [-0.39, 0.29) is 12.4 Å². The van der Waals surface area contributed by atoms with Crippen molar-refractivity contribution in [2.75, 3.05) is 5.32 Å². The fourth-order valence-corrected chi connectivity index (χ4v) is 1.78. The van der Waals surface area contributed by atoms with E-state index in [1.165, 1.54) is 11.3 Å². The fourth-order valence-electron chi connectivity index (χ4n) is 1.78. The van der Waals surface area contributed by atoms with E-state index in [1.807, 2.05) is 42.8 Å². The van der Waals surface area contributed by atoms with Crippen LogP contribution in [0, 0.1) is 13.8 Å². The molecule has 0 bridgehead atoms. The molecule has 94 valence electrons. The Labute approximate surface area is 107 Å². The zero-order chi connectivity index (χ0) is 11.7. The Bertz CT molecular complexity index is 480. The fraction of sp³-hybridized carbons (Fsp3) is 0.455. The summed E-state index contributed by atoms with van der Waals surface area (Å²) in [5, 5.41) is 11.9. The maximum atomic E-state index is 4.29. The SMILES string of the molecule is Cc1cnn(C)c1CNc1cn(C)nc1C.Cl. The third kappa shape index (κ3) is 2.79. The lowest BCUT2D eigenvalue weighted by molar-refractivity contribution is 0.719. The van der Waals surface area contributed by atoms with E-state index in [1.54, 1.807) is 0 Å². The minimum Gasteiger partial charge on any atom is -0.377 e. The number of nitrogens with zero attached hydrogens (tertiary/aromatic N) is 4. The first kappa shape index (κ1) is 13.6. The van der Waals surface area contributed by atoms with E-state index in [0.29, 0.717) is 0 Å². The predicted octanol–water partition coefficient (Wildman–Crippen LogP) is 1.80. The number of aryl methyl sites for hydroxylation is 4. The molecule has 0 atom stereocenters. The first-order valence-electron chi connectivity index (χ1n) is 5.29. The van der Waals surface area contributed by atoms with Gasteiger partial charge in [0.1, 0.15) is 0 Å². The van der Waals surface area contributed by atoms with Crippen LogP contribution in [0.4, 0.5) is 5.69 Å². The number of rotatable bonds is 3. The summed E-state index contributed by atoms with van der Waals surface area (Å²) in [7, 11) is 3.88. The molecule has 6 heteroatoms. The second-order valence-electron chi connectivity index (χ2n) is 4.05. The summed E-state index contributed by atoms with van der Waals surface area (Å²) in [4.78, 5) is 0. The molecular weight excluding hydrogens is 238 g/mol. The molecule has 0 radical (unpaired) electrons. The summed E-state index contributed by atoms with van der Waals surface area (Å²) in [6, 6.07) is 0. The average Bonchev–Trinajstić information content (AvgIpc) is 2.69. The summed E-state index contributed by atoms with van der Waals surface area (Å²) in [5.74, 6) is 0. The van der Waals surface area contributed by atoms with Gasteiger partial charge in [0.05, 0.1) is 29.8 Å². The first-order valence-corrected chi connectivity index (χ1v) is 5.29. The second kappa shape index (κ2) is 5.23. The third-order valence-electron chi connectivity index (χ3n) is 2.73. The number of halogens is 1. The highest BCUT2D eigenvalue weighted by Gasteiger charge is 2.06.